The Kier molecular flexibility index (Phi) is 5.12. The molecule has 2 aromatic rings. The molecule has 0 N–H and O–H groups in total. The molecule has 4 saturated heterocycles. The van der Waals surface area contributed by atoms with Gasteiger partial charge < -0.3 is 0 Å². The van der Waals surface area contributed by atoms with Crippen molar-refractivity contribution in [2.24, 2.45) is 23.7 Å². The molecule has 180 valence electrons. The topological polar surface area (TPSA) is 81.2 Å². The lowest BCUT2D eigenvalue weighted by Crippen LogP contribution is -2.42. The predicted molar refractivity (Wildman–Crippen MR) is 129 cm³/mol. The van der Waals surface area contributed by atoms with Gasteiger partial charge in [-0.2, -0.15) is 0 Å². The van der Waals surface area contributed by atoms with Crippen LogP contribution in [0.4, 0.5) is 11.4 Å². The maximum atomic E-state index is 13.1. The first-order valence-electron chi connectivity index (χ1n) is 12.2. The molecular weight excluding hydrogens is 444 g/mol. The molecule has 4 amide bonds. The van der Waals surface area contributed by atoms with Crippen molar-refractivity contribution in [3.8, 4) is 0 Å². The number of nitrogens with zero attached hydrogens (tertiary/aromatic N) is 4. The Morgan fingerprint density at radius 2 is 0.829 bits per heavy atom. The van der Waals surface area contributed by atoms with Gasteiger partial charge in [-0.25, -0.2) is 9.80 Å². The molecule has 0 bridgehead atoms. The first-order chi connectivity index (χ1) is 16.8. The van der Waals surface area contributed by atoms with Gasteiger partial charge in [0.2, 0.25) is 23.6 Å². The van der Waals surface area contributed by atoms with E-state index >= 15 is 0 Å². The average Bonchev–Trinajstić information content (AvgIpc) is 3.55. The molecule has 2 aromatic carbocycles. The molecule has 0 spiro atoms. The number of hydrogen-bond donors (Lipinski definition) is 0. The van der Waals surface area contributed by atoms with Crippen LogP contribution in [0.25, 0.3) is 0 Å². The van der Waals surface area contributed by atoms with E-state index in [0.29, 0.717) is 44.2 Å². The Balaban J connectivity index is 1.09. The standard InChI is InChI=1S/C27H28N4O4/c1-16-3-7-18(8-4-16)30-24(32)20-11-28(12-21(20)25(30)33)15-29-13-22-23(14-29)27(35)31(26(22)34)19-9-5-17(2)6-10-19/h3-10,20-23H,11-15H2,1-2H3. The first-order valence-corrected chi connectivity index (χ1v) is 12.2. The molecule has 4 atom stereocenters. The number of aryl methyl sites for hydroxylation is 2. The highest BCUT2D eigenvalue weighted by atomic mass is 16.2. The average molecular weight is 473 g/mol. The third-order valence-corrected chi connectivity index (χ3v) is 7.93. The predicted octanol–water partition coefficient (Wildman–Crippen LogP) is 1.80. The summed E-state index contributed by atoms with van der Waals surface area (Å²) in [6.07, 6.45) is 0. The number of rotatable bonds is 4. The van der Waals surface area contributed by atoms with E-state index in [1.54, 1.807) is 0 Å². The lowest BCUT2D eigenvalue weighted by molar-refractivity contribution is -0.124. The lowest BCUT2D eigenvalue weighted by atomic mass is 10.00. The Labute approximate surface area is 204 Å². The second-order valence-corrected chi connectivity index (χ2v) is 10.3. The number of likely N-dealkylation sites (tertiary alicyclic amines) is 2. The number of imide groups is 2. The number of amides is 4. The van der Waals surface area contributed by atoms with Crippen LogP contribution < -0.4 is 9.80 Å². The maximum absolute atomic E-state index is 13.1. The summed E-state index contributed by atoms with van der Waals surface area (Å²) < 4.78 is 0. The van der Waals surface area contributed by atoms with E-state index in [1.807, 2.05) is 62.4 Å². The Morgan fingerprint density at radius 3 is 1.11 bits per heavy atom. The fourth-order valence-corrected chi connectivity index (χ4v) is 6.06. The maximum Gasteiger partial charge on any atom is 0.239 e. The lowest BCUT2D eigenvalue weighted by Gasteiger charge is -2.26. The van der Waals surface area contributed by atoms with Gasteiger partial charge in [-0.15, -0.1) is 0 Å². The summed E-state index contributed by atoms with van der Waals surface area (Å²) in [7, 11) is 0. The third-order valence-electron chi connectivity index (χ3n) is 7.93. The Morgan fingerprint density at radius 1 is 0.543 bits per heavy atom. The van der Waals surface area contributed by atoms with Crippen LogP contribution in [0.3, 0.4) is 0 Å². The van der Waals surface area contributed by atoms with Gasteiger partial charge in [-0.1, -0.05) is 35.4 Å². The van der Waals surface area contributed by atoms with Gasteiger partial charge in [-0.05, 0) is 38.1 Å². The molecule has 0 radical (unpaired) electrons. The Hall–Kier alpha value is -3.36. The second kappa shape index (κ2) is 8.10. The smallest absolute Gasteiger partial charge is 0.239 e. The molecule has 0 saturated carbocycles. The van der Waals surface area contributed by atoms with Crippen molar-refractivity contribution in [1.82, 2.24) is 9.80 Å². The molecule has 6 rings (SSSR count). The SMILES string of the molecule is Cc1ccc(N2C(=O)C3CN(CN4CC5C(=O)N(c6ccc(C)cc6)C(=O)C5C4)CC3C2=O)cc1. The molecule has 0 aromatic heterocycles. The molecule has 4 aliphatic rings. The van der Waals surface area contributed by atoms with Crippen molar-refractivity contribution in [2.45, 2.75) is 13.8 Å². The largest absolute Gasteiger partial charge is 0.289 e. The quantitative estimate of drug-likeness (QED) is 0.632. The Bertz CT molecular complexity index is 1080. The van der Waals surface area contributed by atoms with Crippen LogP contribution in [-0.2, 0) is 19.2 Å². The zero-order chi connectivity index (χ0) is 24.4. The van der Waals surface area contributed by atoms with Crippen molar-refractivity contribution in [3.05, 3.63) is 59.7 Å². The highest BCUT2D eigenvalue weighted by molar-refractivity contribution is 6.23. The number of carbonyl (C=O) groups is 4. The van der Waals surface area contributed by atoms with Crippen LogP contribution in [0.2, 0.25) is 0 Å². The minimum absolute atomic E-state index is 0.135. The normalized spacial score (nSPS) is 29.0. The van der Waals surface area contributed by atoms with Crippen molar-refractivity contribution in [3.63, 3.8) is 0 Å². The van der Waals surface area contributed by atoms with E-state index < -0.39 is 0 Å². The molecule has 4 heterocycles. The number of anilines is 2. The van der Waals surface area contributed by atoms with Crippen molar-refractivity contribution in [2.75, 3.05) is 42.6 Å². The minimum Gasteiger partial charge on any atom is -0.289 e. The van der Waals surface area contributed by atoms with Crippen LogP contribution >= 0.6 is 0 Å². The van der Waals surface area contributed by atoms with Gasteiger partial charge >= 0.3 is 0 Å². The summed E-state index contributed by atoms with van der Waals surface area (Å²) in [5.74, 6) is -1.91. The zero-order valence-corrected chi connectivity index (χ0v) is 19.9. The molecule has 4 aliphatic heterocycles. The monoisotopic (exact) mass is 472 g/mol. The van der Waals surface area contributed by atoms with Crippen LogP contribution in [0.1, 0.15) is 11.1 Å². The fourth-order valence-electron chi connectivity index (χ4n) is 6.06. The number of fused-ring (bicyclic) bond motifs is 2. The summed E-state index contributed by atoms with van der Waals surface area (Å²) >= 11 is 0. The van der Waals surface area contributed by atoms with Crippen LogP contribution in [0, 0.1) is 37.5 Å². The van der Waals surface area contributed by atoms with Crippen LogP contribution in [-0.4, -0.2) is 66.3 Å². The zero-order valence-electron chi connectivity index (χ0n) is 19.9. The van der Waals surface area contributed by atoms with Gasteiger partial charge in [0.25, 0.3) is 0 Å². The highest BCUT2D eigenvalue weighted by Gasteiger charge is 2.55. The van der Waals surface area contributed by atoms with Crippen molar-refractivity contribution >= 4 is 35.0 Å². The number of benzene rings is 2. The molecular formula is C27H28N4O4. The van der Waals surface area contributed by atoms with E-state index in [4.69, 9.17) is 0 Å². The molecule has 8 nitrogen and oxygen atoms in total. The van der Waals surface area contributed by atoms with Crippen molar-refractivity contribution < 1.29 is 19.2 Å². The second-order valence-electron chi connectivity index (χ2n) is 10.3. The summed E-state index contributed by atoms with van der Waals surface area (Å²) in [6, 6.07) is 14.9. The van der Waals surface area contributed by atoms with Gasteiger partial charge in [0.15, 0.2) is 0 Å². The highest BCUT2D eigenvalue weighted by Crippen LogP contribution is 2.39. The summed E-state index contributed by atoms with van der Waals surface area (Å²) in [5.41, 5.74) is 3.42. The van der Waals surface area contributed by atoms with Gasteiger partial charge in [0, 0.05) is 26.2 Å². The van der Waals surface area contributed by atoms with Gasteiger partial charge in [0.05, 0.1) is 41.7 Å². The van der Waals surface area contributed by atoms with Gasteiger partial charge in [0.1, 0.15) is 0 Å². The van der Waals surface area contributed by atoms with Crippen LogP contribution in [0.5, 0.6) is 0 Å². The molecule has 4 fully saturated rings. The van der Waals surface area contributed by atoms with E-state index in [0.717, 1.165) is 11.1 Å². The van der Waals surface area contributed by atoms with E-state index in [-0.39, 0.29) is 47.3 Å². The summed E-state index contributed by atoms with van der Waals surface area (Å²) in [5, 5.41) is 0. The number of hydrogen-bond acceptors (Lipinski definition) is 6. The summed E-state index contributed by atoms with van der Waals surface area (Å²) in [6.45, 7) is 6.55. The fraction of sp³-hybridized carbons (Fsp3) is 0.407. The van der Waals surface area contributed by atoms with Crippen LogP contribution in [0.15, 0.2) is 48.5 Å². The third kappa shape index (κ3) is 3.51. The van der Waals surface area contributed by atoms with E-state index in [2.05, 4.69) is 9.80 Å². The summed E-state index contributed by atoms with van der Waals surface area (Å²) in [4.78, 5) is 59.2. The van der Waals surface area contributed by atoms with E-state index in [1.165, 1.54) is 9.80 Å². The molecule has 35 heavy (non-hydrogen) atoms. The molecule has 4 unspecified atom stereocenters. The first kappa shape index (κ1) is 22.1. The minimum atomic E-state index is -0.341. The molecule has 8 heteroatoms. The van der Waals surface area contributed by atoms with Gasteiger partial charge in [-0.3, -0.25) is 29.0 Å². The number of carbonyl (C=O) groups excluding carboxylic acids is 4. The molecule has 0 aliphatic carbocycles. The van der Waals surface area contributed by atoms with E-state index in [9.17, 15) is 19.2 Å². The van der Waals surface area contributed by atoms with Crippen molar-refractivity contribution in [1.29, 1.82) is 0 Å².